The zero-order valence-corrected chi connectivity index (χ0v) is 15.7. The molecule has 7 heteroatoms. The molecular formula is C20H14BrN3O3. The Kier molecular flexibility index (Phi) is 4.45. The molecule has 0 N–H and O–H groups in total. The number of non-ortho nitro benzene ring substituents is 1. The molecule has 1 amide bonds. The normalized spacial score (nSPS) is 13.3. The molecule has 1 heterocycles. The molecule has 0 radical (unpaired) electrons. The summed E-state index contributed by atoms with van der Waals surface area (Å²) in [5.41, 5.74) is 1.75. The summed E-state index contributed by atoms with van der Waals surface area (Å²) in [5.74, 6) is -0.153. The van der Waals surface area contributed by atoms with Gasteiger partial charge < -0.3 is 4.90 Å². The van der Waals surface area contributed by atoms with Gasteiger partial charge in [0.25, 0.3) is 11.6 Å². The monoisotopic (exact) mass is 423 g/mol. The van der Waals surface area contributed by atoms with E-state index in [1.54, 1.807) is 23.2 Å². The molecule has 0 bridgehead atoms. The van der Waals surface area contributed by atoms with Crippen LogP contribution in [0.5, 0.6) is 0 Å². The summed E-state index contributed by atoms with van der Waals surface area (Å²) >= 11 is 3.53. The van der Waals surface area contributed by atoms with Gasteiger partial charge in [-0.3, -0.25) is 19.9 Å². The predicted octanol–water partition coefficient (Wildman–Crippen LogP) is 4.59. The van der Waals surface area contributed by atoms with Crippen molar-refractivity contribution in [2.75, 3.05) is 18.0 Å². The number of amides is 1. The van der Waals surface area contributed by atoms with E-state index < -0.39 is 4.92 Å². The molecule has 0 unspecified atom stereocenters. The summed E-state index contributed by atoms with van der Waals surface area (Å²) in [7, 11) is 0. The number of benzene rings is 3. The Bertz CT molecular complexity index is 1110. The third kappa shape index (κ3) is 3.10. The third-order valence-corrected chi connectivity index (χ3v) is 5.23. The number of carbonyl (C=O) groups is 1. The number of nitro benzene ring substituents is 1. The fourth-order valence-corrected chi connectivity index (χ4v) is 3.76. The quantitative estimate of drug-likeness (QED) is 0.446. The second kappa shape index (κ2) is 6.92. The van der Waals surface area contributed by atoms with Crippen molar-refractivity contribution in [3.8, 4) is 0 Å². The number of carbonyl (C=O) groups excluding carboxylic acids is 1. The van der Waals surface area contributed by atoms with Gasteiger partial charge in [0.1, 0.15) is 0 Å². The summed E-state index contributed by atoms with van der Waals surface area (Å²) < 4.78 is 0.921. The SMILES string of the molecule is O=C(c1cccc2c(Br)cccc12)N1CCN=Cc2cc([N+](=O)[O-])ccc21. The fourth-order valence-electron chi connectivity index (χ4n) is 3.26. The molecule has 0 aliphatic carbocycles. The highest BCUT2D eigenvalue weighted by Gasteiger charge is 2.24. The van der Waals surface area contributed by atoms with Crippen LogP contribution in [0.3, 0.4) is 0 Å². The van der Waals surface area contributed by atoms with Crippen LogP contribution < -0.4 is 4.90 Å². The van der Waals surface area contributed by atoms with Crippen LogP contribution in [0.15, 0.2) is 64.1 Å². The molecule has 3 aromatic carbocycles. The van der Waals surface area contributed by atoms with Gasteiger partial charge in [0.2, 0.25) is 0 Å². The number of rotatable bonds is 2. The number of aliphatic imine (C=N–C) groups is 1. The van der Waals surface area contributed by atoms with Crippen molar-refractivity contribution in [3.05, 3.63) is 80.3 Å². The summed E-state index contributed by atoms with van der Waals surface area (Å²) in [6.07, 6.45) is 1.59. The Balaban J connectivity index is 1.83. The first-order chi connectivity index (χ1) is 13.1. The van der Waals surface area contributed by atoms with Gasteiger partial charge in [0, 0.05) is 40.5 Å². The minimum atomic E-state index is -0.451. The maximum atomic E-state index is 13.4. The molecule has 0 spiro atoms. The molecule has 0 fully saturated rings. The summed E-state index contributed by atoms with van der Waals surface area (Å²) in [5, 5.41) is 12.9. The molecule has 6 nitrogen and oxygen atoms in total. The summed E-state index contributed by atoms with van der Waals surface area (Å²) in [6.45, 7) is 0.840. The zero-order valence-electron chi connectivity index (χ0n) is 14.1. The van der Waals surface area contributed by atoms with Crippen molar-refractivity contribution >= 4 is 50.2 Å². The number of nitrogens with zero attached hydrogens (tertiary/aromatic N) is 3. The molecular weight excluding hydrogens is 410 g/mol. The average Bonchev–Trinajstić information content (AvgIpc) is 2.89. The van der Waals surface area contributed by atoms with Gasteiger partial charge in [-0.25, -0.2) is 0 Å². The van der Waals surface area contributed by atoms with Gasteiger partial charge in [0.05, 0.1) is 17.2 Å². The topological polar surface area (TPSA) is 75.8 Å². The third-order valence-electron chi connectivity index (χ3n) is 4.54. The van der Waals surface area contributed by atoms with Crippen LogP contribution in [0, 0.1) is 10.1 Å². The van der Waals surface area contributed by atoms with E-state index in [2.05, 4.69) is 20.9 Å². The van der Waals surface area contributed by atoms with E-state index in [0.29, 0.717) is 29.9 Å². The van der Waals surface area contributed by atoms with Crippen LogP contribution >= 0.6 is 15.9 Å². The first-order valence-corrected chi connectivity index (χ1v) is 9.13. The zero-order chi connectivity index (χ0) is 19.0. The van der Waals surface area contributed by atoms with Gasteiger partial charge in [-0.2, -0.15) is 0 Å². The molecule has 0 saturated carbocycles. The highest BCUT2D eigenvalue weighted by atomic mass is 79.9. The number of nitro groups is 1. The standard InChI is InChI=1S/C20H14BrN3O3/c21-18-6-2-3-15-16(18)4-1-5-17(15)20(25)23-10-9-22-12-13-11-14(24(26)27)7-8-19(13)23/h1-8,11-12H,9-10H2. The van der Waals surface area contributed by atoms with Crippen molar-refractivity contribution in [3.63, 3.8) is 0 Å². The lowest BCUT2D eigenvalue weighted by atomic mass is 10.0. The van der Waals surface area contributed by atoms with Crippen LogP contribution in [0.4, 0.5) is 11.4 Å². The molecule has 4 rings (SSSR count). The maximum Gasteiger partial charge on any atom is 0.270 e. The number of hydrogen-bond acceptors (Lipinski definition) is 4. The van der Waals surface area contributed by atoms with Gasteiger partial charge in [-0.1, -0.05) is 40.2 Å². The van der Waals surface area contributed by atoms with Crippen molar-refractivity contribution < 1.29 is 9.72 Å². The van der Waals surface area contributed by atoms with Gasteiger partial charge in [-0.15, -0.1) is 0 Å². The molecule has 3 aromatic rings. The van der Waals surface area contributed by atoms with Crippen molar-refractivity contribution in [1.29, 1.82) is 0 Å². The average molecular weight is 424 g/mol. The van der Waals surface area contributed by atoms with Crippen LogP contribution in [0.2, 0.25) is 0 Å². The van der Waals surface area contributed by atoms with E-state index in [1.807, 2.05) is 30.3 Å². The first-order valence-electron chi connectivity index (χ1n) is 8.33. The molecule has 0 atom stereocenters. The van der Waals surface area contributed by atoms with Gasteiger partial charge in [0.15, 0.2) is 0 Å². The largest absolute Gasteiger partial charge is 0.306 e. The van der Waals surface area contributed by atoms with Gasteiger partial charge in [-0.05, 0) is 29.0 Å². The Labute approximate surface area is 163 Å². The minimum Gasteiger partial charge on any atom is -0.306 e. The first kappa shape index (κ1) is 17.4. The van der Waals surface area contributed by atoms with Crippen molar-refractivity contribution in [2.45, 2.75) is 0 Å². The number of fused-ring (bicyclic) bond motifs is 2. The molecule has 1 aliphatic heterocycles. The second-order valence-corrected chi connectivity index (χ2v) is 6.99. The summed E-state index contributed by atoms with van der Waals surface area (Å²) in [6, 6.07) is 15.8. The molecule has 1 aliphatic rings. The van der Waals surface area contributed by atoms with E-state index in [4.69, 9.17) is 0 Å². The second-order valence-electron chi connectivity index (χ2n) is 6.13. The Morgan fingerprint density at radius 3 is 2.70 bits per heavy atom. The maximum absolute atomic E-state index is 13.4. The molecule has 0 aromatic heterocycles. The number of benzodiazepines with no additional fused rings is 1. The van der Waals surface area contributed by atoms with Crippen LogP contribution in [-0.4, -0.2) is 30.1 Å². The van der Waals surface area contributed by atoms with Crippen molar-refractivity contribution in [2.24, 2.45) is 4.99 Å². The highest BCUT2D eigenvalue weighted by molar-refractivity contribution is 9.10. The smallest absolute Gasteiger partial charge is 0.270 e. The Morgan fingerprint density at radius 1 is 1.11 bits per heavy atom. The van der Waals surface area contributed by atoms with E-state index >= 15 is 0 Å². The number of halogens is 1. The molecule has 0 saturated heterocycles. The Morgan fingerprint density at radius 2 is 1.89 bits per heavy atom. The highest BCUT2D eigenvalue weighted by Crippen LogP contribution is 2.30. The van der Waals surface area contributed by atoms with Crippen LogP contribution in [0.25, 0.3) is 10.8 Å². The minimum absolute atomic E-state index is 0.0245. The number of hydrogen-bond donors (Lipinski definition) is 0. The van der Waals surface area contributed by atoms with Crippen LogP contribution in [0.1, 0.15) is 15.9 Å². The van der Waals surface area contributed by atoms with E-state index in [9.17, 15) is 14.9 Å². The Hall–Kier alpha value is -3.06. The van der Waals surface area contributed by atoms with Crippen molar-refractivity contribution in [1.82, 2.24) is 0 Å². The molecule has 27 heavy (non-hydrogen) atoms. The summed E-state index contributed by atoms with van der Waals surface area (Å²) in [4.78, 5) is 29.9. The number of anilines is 1. The van der Waals surface area contributed by atoms with E-state index in [0.717, 1.165) is 15.2 Å². The predicted molar refractivity (Wildman–Crippen MR) is 109 cm³/mol. The lowest BCUT2D eigenvalue weighted by Crippen LogP contribution is -2.33. The van der Waals surface area contributed by atoms with E-state index in [-0.39, 0.29) is 11.6 Å². The molecule has 134 valence electrons. The fraction of sp³-hybridized carbons (Fsp3) is 0.100. The van der Waals surface area contributed by atoms with E-state index in [1.165, 1.54) is 12.1 Å². The lowest BCUT2D eigenvalue weighted by molar-refractivity contribution is -0.384. The van der Waals surface area contributed by atoms with Crippen LogP contribution in [-0.2, 0) is 0 Å². The van der Waals surface area contributed by atoms with Gasteiger partial charge >= 0.3 is 0 Å². The lowest BCUT2D eigenvalue weighted by Gasteiger charge is -2.23.